The Labute approximate surface area is 153 Å². The van der Waals surface area contributed by atoms with Gasteiger partial charge in [-0.2, -0.15) is 4.31 Å². The summed E-state index contributed by atoms with van der Waals surface area (Å²) < 4.78 is 50.3. The highest BCUT2D eigenvalue weighted by Gasteiger charge is 2.29. The lowest BCUT2D eigenvalue weighted by Gasteiger charge is -2.16. The molecule has 0 spiro atoms. The maximum atomic E-state index is 12.8. The number of ether oxygens (including phenoxy) is 1. The first-order valence-corrected chi connectivity index (χ1v) is 10.0. The van der Waals surface area contributed by atoms with Crippen LogP contribution in [0.3, 0.4) is 0 Å². The third-order valence-electron chi connectivity index (χ3n) is 4.28. The average Bonchev–Trinajstić information content (AvgIpc) is 3.29. The molecule has 0 aliphatic carbocycles. The van der Waals surface area contributed by atoms with Crippen LogP contribution < -0.4 is 4.74 Å². The Balaban J connectivity index is 1.49. The zero-order chi connectivity index (χ0) is 18.6. The van der Waals surface area contributed by atoms with E-state index in [-0.39, 0.29) is 10.9 Å². The van der Waals surface area contributed by atoms with Crippen molar-refractivity contribution in [2.45, 2.75) is 24.5 Å². The molecule has 0 saturated carbocycles. The summed E-state index contributed by atoms with van der Waals surface area (Å²) in [5.74, 6) is 0.899. The van der Waals surface area contributed by atoms with Gasteiger partial charge in [0.15, 0.2) is 0 Å². The maximum absolute atomic E-state index is 12.8. The smallest absolute Gasteiger partial charge is 0.276 e. The van der Waals surface area contributed by atoms with Crippen LogP contribution in [0.4, 0.5) is 4.39 Å². The number of halogens is 1. The average molecular weight is 382 g/mol. The van der Waals surface area contributed by atoms with E-state index in [2.05, 4.69) is 0 Å². The highest BCUT2D eigenvalue weighted by molar-refractivity contribution is 7.89. The molecule has 1 aliphatic heterocycles. The monoisotopic (exact) mass is 382 g/mol. The van der Waals surface area contributed by atoms with Crippen LogP contribution in [0.2, 0.25) is 0 Å². The van der Waals surface area contributed by atoms with Crippen molar-refractivity contribution < 1.29 is 22.0 Å². The summed E-state index contributed by atoms with van der Waals surface area (Å²) in [6, 6.07) is 9.08. The van der Waals surface area contributed by atoms with E-state index in [1.165, 1.54) is 22.5 Å². The molecule has 0 atom stereocenters. The molecule has 0 unspecified atom stereocenters. The fraction of sp³-hybridized carbons (Fsp3) is 0.444. The minimum absolute atomic E-state index is 0.00496. The molecule has 2 heterocycles. The van der Waals surface area contributed by atoms with Crippen molar-refractivity contribution in [3.05, 3.63) is 48.0 Å². The molecule has 1 saturated heterocycles. The van der Waals surface area contributed by atoms with Crippen LogP contribution in [0.15, 0.2) is 45.9 Å². The van der Waals surface area contributed by atoms with E-state index < -0.39 is 10.0 Å². The molecule has 2 aromatic rings. The van der Waals surface area contributed by atoms with Crippen molar-refractivity contribution in [3.63, 3.8) is 0 Å². The lowest BCUT2D eigenvalue weighted by molar-refractivity contribution is 0.218. The summed E-state index contributed by atoms with van der Waals surface area (Å²) in [5, 5.41) is 0.00496. The summed E-state index contributed by atoms with van der Waals surface area (Å²) in [4.78, 5) is 1.97. The van der Waals surface area contributed by atoms with E-state index in [9.17, 15) is 12.8 Å². The fourth-order valence-corrected chi connectivity index (χ4v) is 4.28. The lowest BCUT2D eigenvalue weighted by Crippen LogP contribution is -2.27. The maximum Gasteiger partial charge on any atom is 0.276 e. The van der Waals surface area contributed by atoms with Gasteiger partial charge in [0.05, 0.1) is 6.54 Å². The summed E-state index contributed by atoms with van der Waals surface area (Å²) >= 11 is 0. The molecular formula is C18H23FN2O4S. The molecule has 3 rings (SSSR count). The Morgan fingerprint density at radius 1 is 1.15 bits per heavy atom. The molecule has 8 heteroatoms. The molecule has 1 aliphatic rings. The quantitative estimate of drug-likeness (QED) is 0.702. The molecule has 6 nitrogen and oxygen atoms in total. The molecule has 0 bridgehead atoms. The molecule has 1 fully saturated rings. The number of hydrogen-bond donors (Lipinski definition) is 0. The second-order valence-corrected chi connectivity index (χ2v) is 8.24. The molecule has 0 amide bonds. The van der Waals surface area contributed by atoms with Crippen LogP contribution in [0, 0.1) is 5.82 Å². The van der Waals surface area contributed by atoms with E-state index in [1.54, 1.807) is 18.2 Å². The van der Waals surface area contributed by atoms with Crippen LogP contribution in [0.5, 0.6) is 5.75 Å². The SMILES string of the molecule is CN(CCOc1ccc(F)cc1)Cc1ccc(S(=O)(=O)N2CCCC2)o1. The zero-order valence-corrected chi connectivity index (χ0v) is 15.5. The second kappa shape index (κ2) is 8.20. The first-order chi connectivity index (χ1) is 12.4. The van der Waals surface area contributed by atoms with Gasteiger partial charge >= 0.3 is 0 Å². The number of nitrogens with zero attached hydrogens (tertiary/aromatic N) is 2. The molecule has 26 heavy (non-hydrogen) atoms. The summed E-state index contributed by atoms with van der Waals surface area (Å²) in [6.07, 6.45) is 1.78. The van der Waals surface area contributed by atoms with E-state index in [0.717, 1.165) is 12.8 Å². The van der Waals surface area contributed by atoms with Crippen LogP contribution >= 0.6 is 0 Å². The molecular weight excluding hydrogens is 359 g/mol. The highest BCUT2D eigenvalue weighted by Crippen LogP contribution is 2.23. The van der Waals surface area contributed by atoms with Gasteiger partial charge in [-0.25, -0.2) is 12.8 Å². The Bertz CT molecular complexity index is 814. The van der Waals surface area contributed by atoms with Crippen LogP contribution in [-0.2, 0) is 16.6 Å². The van der Waals surface area contributed by atoms with Crippen LogP contribution in [0.1, 0.15) is 18.6 Å². The largest absolute Gasteiger partial charge is 0.492 e. The van der Waals surface area contributed by atoms with Gasteiger partial charge in [0, 0.05) is 19.6 Å². The summed E-state index contributed by atoms with van der Waals surface area (Å²) in [5.41, 5.74) is 0. The minimum Gasteiger partial charge on any atom is -0.492 e. The molecule has 0 radical (unpaired) electrons. The van der Waals surface area contributed by atoms with Crippen LogP contribution in [-0.4, -0.2) is 50.9 Å². The van der Waals surface area contributed by atoms with E-state index in [4.69, 9.17) is 9.15 Å². The Morgan fingerprint density at radius 2 is 1.85 bits per heavy atom. The van der Waals surface area contributed by atoms with Crippen molar-refractivity contribution >= 4 is 10.0 Å². The Morgan fingerprint density at radius 3 is 2.54 bits per heavy atom. The van der Waals surface area contributed by atoms with Crippen molar-refractivity contribution in [1.29, 1.82) is 0 Å². The van der Waals surface area contributed by atoms with Crippen molar-refractivity contribution in [2.75, 3.05) is 33.3 Å². The van der Waals surface area contributed by atoms with Gasteiger partial charge in [-0.1, -0.05) is 0 Å². The third kappa shape index (κ3) is 4.63. The van der Waals surface area contributed by atoms with Gasteiger partial charge < -0.3 is 9.15 Å². The molecule has 1 aromatic carbocycles. The minimum atomic E-state index is -3.52. The van der Waals surface area contributed by atoms with E-state index >= 15 is 0 Å². The van der Waals surface area contributed by atoms with Gasteiger partial charge in [0.25, 0.3) is 10.0 Å². The molecule has 0 N–H and O–H groups in total. The van der Waals surface area contributed by atoms with Crippen molar-refractivity contribution in [3.8, 4) is 5.75 Å². The Hall–Kier alpha value is -1.90. The Kier molecular flexibility index (Phi) is 5.95. The fourth-order valence-electron chi connectivity index (χ4n) is 2.83. The third-order valence-corrected chi connectivity index (χ3v) is 6.05. The normalized spacial score (nSPS) is 15.7. The molecule has 1 aromatic heterocycles. The van der Waals surface area contributed by atoms with Gasteiger partial charge in [-0.15, -0.1) is 0 Å². The van der Waals surface area contributed by atoms with Gasteiger partial charge in [0.1, 0.15) is 23.9 Å². The number of likely N-dealkylation sites (N-methyl/N-ethyl adjacent to an activating group) is 1. The van der Waals surface area contributed by atoms with E-state index in [0.29, 0.717) is 44.3 Å². The lowest BCUT2D eigenvalue weighted by atomic mass is 10.3. The number of benzene rings is 1. The highest BCUT2D eigenvalue weighted by atomic mass is 32.2. The standard InChI is InChI=1S/C18H23FN2O4S/c1-20(12-13-24-16-6-4-15(19)5-7-16)14-17-8-9-18(25-17)26(22,23)21-10-2-3-11-21/h4-9H,2-3,10-14H2,1H3. The zero-order valence-electron chi connectivity index (χ0n) is 14.7. The van der Waals surface area contributed by atoms with Crippen LogP contribution in [0.25, 0.3) is 0 Å². The van der Waals surface area contributed by atoms with Gasteiger partial charge in [-0.05, 0) is 56.3 Å². The molecule has 142 valence electrons. The predicted octanol–water partition coefficient (Wildman–Crippen LogP) is 2.71. The first kappa shape index (κ1) is 18.9. The van der Waals surface area contributed by atoms with Crippen molar-refractivity contribution in [1.82, 2.24) is 9.21 Å². The second-order valence-electron chi connectivity index (χ2n) is 6.37. The van der Waals surface area contributed by atoms with Gasteiger partial charge in [-0.3, -0.25) is 4.90 Å². The summed E-state index contributed by atoms with van der Waals surface area (Å²) in [6.45, 7) is 2.63. The predicted molar refractivity (Wildman–Crippen MR) is 94.9 cm³/mol. The van der Waals surface area contributed by atoms with Crippen molar-refractivity contribution in [2.24, 2.45) is 0 Å². The van der Waals surface area contributed by atoms with Gasteiger partial charge in [0.2, 0.25) is 5.09 Å². The number of hydrogen-bond acceptors (Lipinski definition) is 5. The number of rotatable bonds is 8. The number of sulfonamides is 1. The summed E-state index contributed by atoms with van der Waals surface area (Å²) in [7, 11) is -1.62. The number of furan rings is 1. The topological polar surface area (TPSA) is 63.0 Å². The van der Waals surface area contributed by atoms with E-state index in [1.807, 2.05) is 11.9 Å². The first-order valence-electron chi connectivity index (χ1n) is 8.61.